The average Bonchev–Trinajstić information content (AvgIpc) is 2.89. The van der Waals surface area contributed by atoms with Crippen LogP contribution in [-0.4, -0.2) is 60.9 Å². The lowest BCUT2D eigenvalue weighted by atomic mass is 10.2. The van der Waals surface area contributed by atoms with E-state index in [0.29, 0.717) is 11.8 Å². The van der Waals surface area contributed by atoms with Crippen molar-refractivity contribution < 1.29 is 9.47 Å². The molecule has 0 aliphatic rings. The molecule has 2 aromatic rings. The average molecular weight is 665 g/mol. The van der Waals surface area contributed by atoms with Gasteiger partial charge in [-0.1, -0.05) is 47.3 Å². The summed E-state index contributed by atoms with van der Waals surface area (Å²) in [7, 11) is 3.94. The van der Waals surface area contributed by atoms with Crippen LogP contribution in [-0.2, 0) is 0 Å². The Balaban J connectivity index is 1.21. The van der Waals surface area contributed by atoms with Crippen LogP contribution in [0.4, 0.5) is 0 Å². The Labute approximate surface area is 241 Å². The number of halogens is 2. The van der Waals surface area contributed by atoms with Crippen LogP contribution in [0, 0.1) is 0 Å². The first-order valence-corrected chi connectivity index (χ1v) is 17.0. The Morgan fingerprint density at radius 2 is 1.03 bits per heavy atom. The molecular weight excluding hydrogens is 624 g/mol. The van der Waals surface area contributed by atoms with Crippen LogP contribution in [0.5, 0.6) is 11.8 Å². The predicted octanol–water partition coefficient (Wildman–Crippen LogP) is 7.14. The van der Waals surface area contributed by atoms with Crippen LogP contribution in [0.2, 0.25) is 0 Å². The second kappa shape index (κ2) is 22.5. The summed E-state index contributed by atoms with van der Waals surface area (Å²) in [6.07, 6.45) is 13.0. The number of rotatable bonds is 23. The number of nitrogens with one attached hydrogen (secondary N) is 2. The van der Waals surface area contributed by atoms with Gasteiger partial charge in [-0.2, -0.15) is 0 Å². The van der Waals surface area contributed by atoms with Gasteiger partial charge in [0, 0.05) is 58.1 Å². The number of hydrogen-bond acceptors (Lipinski definition) is 8. The lowest BCUT2D eigenvalue weighted by Gasteiger charge is -2.07. The Morgan fingerprint density at radius 1 is 0.583 bits per heavy atom. The first kappa shape index (κ1) is 31.7. The van der Waals surface area contributed by atoms with E-state index < -0.39 is 0 Å². The van der Waals surface area contributed by atoms with Gasteiger partial charge in [-0.15, -0.1) is 0 Å². The molecule has 0 fully saturated rings. The topological polar surface area (TPSA) is 68.3 Å². The van der Waals surface area contributed by atoms with E-state index >= 15 is 0 Å². The highest BCUT2D eigenvalue weighted by Crippen LogP contribution is 2.19. The second-order valence-corrected chi connectivity index (χ2v) is 12.8. The Morgan fingerprint density at radius 3 is 1.44 bits per heavy atom. The molecule has 0 spiro atoms. The van der Waals surface area contributed by atoms with Crippen molar-refractivity contribution in [1.29, 1.82) is 0 Å². The van der Waals surface area contributed by atoms with Crippen molar-refractivity contribution in [1.82, 2.24) is 20.6 Å². The maximum Gasteiger partial charge on any atom is 0.213 e. The van der Waals surface area contributed by atoms with Gasteiger partial charge in [0.05, 0.1) is 13.2 Å². The summed E-state index contributed by atoms with van der Waals surface area (Å²) in [5.74, 6) is 3.73. The van der Waals surface area contributed by atoms with E-state index in [1.165, 1.54) is 38.5 Å². The molecular formula is C26H40Br2N4O2S2. The highest BCUT2D eigenvalue weighted by Gasteiger charge is 1.98. The minimum absolute atomic E-state index is 0.704. The smallest absolute Gasteiger partial charge is 0.213 e. The normalized spacial score (nSPS) is 11.1. The fraction of sp³-hybridized carbons (Fsp3) is 0.615. The molecule has 2 N–H and O–H groups in total. The van der Waals surface area contributed by atoms with Crippen molar-refractivity contribution in [3.8, 4) is 11.8 Å². The van der Waals surface area contributed by atoms with Crippen LogP contribution >= 0.6 is 53.4 Å². The summed E-state index contributed by atoms with van der Waals surface area (Å²) in [4.78, 5) is 8.43. The third-order valence-corrected chi connectivity index (χ3v) is 8.55. The van der Waals surface area contributed by atoms with Gasteiger partial charge in [0.25, 0.3) is 0 Å². The van der Waals surface area contributed by atoms with E-state index in [2.05, 4.69) is 52.5 Å². The molecule has 0 bridgehead atoms. The van der Waals surface area contributed by atoms with Crippen molar-refractivity contribution in [3.05, 3.63) is 45.6 Å². The summed E-state index contributed by atoms with van der Waals surface area (Å²) in [5.41, 5.74) is 0. The lowest BCUT2D eigenvalue weighted by molar-refractivity contribution is 0.293. The van der Waals surface area contributed by atoms with Crippen LogP contribution < -0.4 is 20.1 Å². The minimum Gasteiger partial charge on any atom is -0.478 e. The molecule has 0 saturated heterocycles. The van der Waals surface area contributed by atoms with Crippen molar-refractivity contribution in [2.75, 3.05) is 50.9 Å². The molecule has 2 rings (SSSR count). The second-order valence-electron chi connectivity index (χ2n) is 8.30. The Hall–Kier alpha value is -0.520. The van der Waals surface area contributed by atoms with Crippen LogP contribution in [0.1, 0.15) is 51.4 Å². The lowest BCUT2D eigenvalue weighted by Crippen LogP contribution is -2.19. The van der Waals surface area contributed by atoms with Gasteiger partial charge in [0.1, 0.15) is 0 Å². The fourth-order valence-corrected chi connectivity index (χ4v) is 5.62. The van der Waals surface area contributed by atoms with Crippen molar-refractivity contribution in [3.63, 3.8) is 0 Å². The zero-order valence-corrected chi connectivity index (χ0v) is 25.9. The molecule has 6 nitrogen and oxygen atoms in total. The molecule has 0 aromatic carbocycles. The summed E-state index contributed by atoms with van der Waals surface area (Å²) >= 11 is 6.76. The zero-order chi connectivity index (χ0) is 25.5. The monoisotopic (exact) mass is 662 g/mol. The number of unbranched alkanes of at least 4 members (excludes halogenated alkanes) is 6. The third-order valence-electron chi connectivity index (χ3n) is 5.20. The fourth-order valence-electron chi connectivity index (χ4n) is 3.26. The summed E-state index contributed by atoms with van der Waals surface area (Å²) in [6.45, 7) is 5.87. The van der Waals surface area contributed by atoms with E-state index in [9.17, 15) is 0 Å². The van der Waals surface area contributed by atoms with E-state index in [-0.39, 0.29) is 0 Å². The van der Waals surface area contributed by atoms with Gasteiger partial charge in [-0.25, -0.2) is 9.97 Å². The summed E-state index contributed by atoms with van der Waals surface area (Å²) in [5, 5.41) is 7.10. The number of pyridine rings is 2. The van der Waals surface area contributed by atoms with Crippen LogP contribution in [0.15, 0.2) is 45.6 Å². The molecule has 2 aromatic heterocycles. The maximum atomic E-state index is 5.65. The number of ether oxygens (including phenoxy) is 2. The highest BCUT2D eigenvalue weighted by atomic mass is 79.9. The molecule has 0 amide bonds. The SMILES string of the molecule is Brc1ccc(OCCCCCCNCCSSCCNCCCCCCOc2ccc(Br)cn2)nc1. The van der Waals surface area contributed by atoms with E-state index in [1.807, 2.05) is 45.9 Å². The molecule has 10 heteroatoms. The molecule has 0 saturated carbocycles. The van der Waals surface area contributed by atoms with Crippen LogP contribution in [0.25, 0.3) is 0 Å². The molecule has 2 heterocycles. The molecule has 0 unspecified atom stereocenters. The molecule has 202 valence electrons. The van der Waals surface area contributed by atoms with Crippen molar-refractivity contribution in [2.45, 2.75) is 51.4 Å². The minimum atomic E-state index is 0.704. The first-order valence-electron chi connectivity index (χ1n) is 12.9. The molecule has 36 heavy (non-hydrogen) atoms. The highest BCUT2D eigenvalue weighted by molar-refractivity contribution is 9.10. The van der Waals surface area contributed by atoms with Crippen LogP contribution in [0.3, 0.4) is 0 Å². The Kier molecular flexibility index (Phi) is 19.8. The zero-order valence-electron chi connectivity index (χ0n) is 21.1. The van der Waals surface area contributed by atoms with Gasteiger partial charge in [-0.05, 0) is 82.8 Å². The van der Waals surface area contributed by atoms with E-state index in [1.54, 1.807) is 12.4 Å². The van der Waals surface area contributed by atoms with Gasteiger partial charge in [-0.3, -0.25) is 0 Å². The predicted molar refractivity (Wildman–Crippen MR) is 162 cm³/mol. The number of nitrogens with zero attached hydrogens (tertiary/aromatic N) is 2. The maximum absolute atomic E-state index is 5.65. The van der Waals surface area contributed by atoms with Gasteiger partial charge < -0.3 is 20.1 Å². The standard InChI is InChI=1S/C26H40Br2N4O2S2/c27-23-9-11-25(31-21-23)33-17-7-3-1-5-13-29-15-19-35-36-20-16-30-14-6-2-4-8-18-34-26-12-10-24(28)22-32-26/h9-12,21-22,29-30H,1-8,13-20H2. The van der Waals surface area contributed by atoms with E-state index in [4.69, 9.17) is 9.47 Å². The largest absolute Gasteiger partial charge is 0.478 e. The number of hydrogen-bond donors (Lipinski definition) is 2. The van der Waals surface area contributed by atoms with Crippen molar-refractivity contribution >= 4 is 53.4 Å². The quantitative estimate of drug-likeness (QED) is 0.0961. The molecule has 0 atom stereocenters. The molecule has 0 aliphatic carbocycles. The summed E-state index contributed by atoms with van der Waals surface area (Å²) in [6, 6.07) is 7.70. The van der Waals surface area contributed by atoms with Crippen molar-refractivity contribution in [2.24, 2.45) is 0 Å². The third kappa shape index (κ3) is 17.9. The molecule has 0 radical (unpaired) electrons. The summed E-state index contributed by atoms with van der Waals surface area (Å²) < 4.78 is 13.2. The van der Waals surface area contributed by atoms with Gasteiger partial charge in [0.2, 0.25) is 11.8 Å². The van der Waals surface area contributed by atoms with Gasteiger partial charge in [0.15, 0.2) is 0 Å². The number of aromatic nitrogens is 2. The Bertz CT molecular complexity index is 708. The first-order chi connectivity index (χ1) is 17.7. The molecule has 0 aliphatic heterocycles. The van der Waals surface area contributed by atoms with Gasteiger partial charge >= 0.3 is 0 Å². The van der Waals surface area contributed by atoms with E-state index in [0.717, 1.165) is 72.7 Å².